The van der Waals surface area contributed by atoms with Crippen molar-refractivity contribution in [3.8, 4) is 0 Å². The van der Waals surface area contributed by atoms with Crippen LogP contribution < -0.4 is 0 Å². The summed E-state index contributed by atoms with van der Waals surface area (Å²) in [7, 11) is 1.28. The molecule has 1 aliphatic heterocycles. The Morgan fingerprint density at radius 3 is 2.23 bits per heavy atom. The Bertz CT molecular complexity index is 255. The van der Waals surface area contributed by atoms with Crippen molar-refractivity contribution in [3.05, 3.63) is 0 Å². The second-order valence-corrected chi connectivity index (χ2v) is 2.85. The van der Waals surface area contributed by atoms with E-state index in [0.717, 1.165) is 4.90 Å². The van der Waals surface area contributed by atoms with Gasteiger partial charge in [-0.25, -0.2) is 4.79 Å². The quantitative estimate of drug-likeness (QED) is 0.468. The van der Waals surface area contributed by atoms with E-state index in [1.165, 1.54) is 7.05 Å². The Morgan fingerprint density at radius 1 is 1.38 bits per heavy atom. The van der Waals surface area contributed by atoms with Crippen molar-refractivity contribution < 1.29 is 22.5 Å². The van der Waals surface area contributed by atoms with Crippen molar-refractivity contribution in [2.24, 2.45) is 0 Å². The van der Waals surface area contributed by atoms with Crippen molar-refractivity contribution in [1.82, 2.24) is 9.80 Å². The van der Waals surface area contributed by atoms with Crippen LogP contribution in [0.3, 0.4) is 0 Å². The topological polar surface area (TPSA) is 40.6 Å². The average Bonchev–Trinajstić information content (AvgIpc) is 2.14. The first-order valence-electron chi connectivity index (χ1n) is 3.58. The molecule has 8 heteroatoms. The number of likely N-dealkylation sites (N-methyl/N-ethyl adjacent to an activating group) is 1. The fourth-order valence-corrected chi connectivity index (χ4v) is 1.06. The molecule has 13 heavy (non-hydrogen) atoms. The maximum atomic E-state index is 11.9. The van der Waals surface area contributed by atoms with E-state index in [1.807, 2.05) is 0 Å². The van der Waals surface area contributed by atoms with E-state index in [-0.39, 0.29) is 11.4 Å². The molecule has 1 heterocycles. The third kappa shape index (κ3) is 2.13. The fourth-order valence-electron chi connectivity index (χ4n) is 1.06. The lowest BCUT2D eigenvalue weighted by atomic mass is 9.91. The summed E-state index contributed by atoms with van der Waals surface area (Å²) < 4.78 is 35.6. The van der Waals surface area contributed by atoms with Crippen LogP contribution >= 0.6 is 0 Å². The molecule has 0 aromatic rings. The predicted octanol–water partition coefficient (Wildman–Crippen LogP) is 0.267. The summed E-state index contributed by atoms with van der Waals surface area (Å²) in [6, 6.07) is -0.885. The molecule has 0 spiro atoms. The van der Waals surface area contributed by atoms with E-state index in [4.69, 9.17) is 0 Å². The van der Waals surface area contributed by atoms with E-state index >= 15 is 0 Å². The zero-order chi connectivity index (χ0) is 10.2. The first-order chi connectivity index (χ1) is 5.81. The lowest BCUT2D eigenvalue weighted by Gasteiger charge is -2.21. The average molecular weight is 195 g/mol. The summed E-state index contributed by atoms with van der Waals surface area (Å²) in [4.78, 5) is 23.0. The molecule has 1 aliphatic rings. The third-order valence-corrected chi connectivity index (χ3v) is 1.62. The highest BCUT2D eigenvalue weighted by Crippen LogP contribution is 2.15. The van der Waals surface area contributed by atoms with Crippen molar-refractivity contribution in [3.63, 3.8) is 0 Å². The Kier molecular flexibility index (Phi) is 2.23. The highest BCUT2D eigenvalue weighted by atomic mass is 19.4. The molecule has 0 aliphatic carbocycles. The molecule has 4 nitrogen and oxygen atoms in total. The zero-order valence-corrected chi connectivity index (χ0v) is 6.84. The van der Waals surface area contributed by atoms with Gasteiger partial charge in [-0.3, -0.25) is 9.69 Å². The second-order valence-electron chi connectivity index (χ2n) is 2.85. The highest BCUT2D eigenvalue weighted by molar-refractivity contribution is 6.59. The molecule has 1 saturated heterocycles. The standard InChI is InChI=1S/C5H7BF3N2O2/c1-10-2-4(12)11(5(10)13)3-6(7,8)9/h2-3H2,1H3/q-1. The minimum Gasteiger partial charge on any atom is -0.448 e. The van der Waals surface area contributed by atoms with Gasteiger partial charge in [0.15, 0.2) is 0 Å². The molecule has 0 N–H and O–H groups in total. The number of imide groups is 1. The van der Waals surface area contributed by atoms with Gasteiger partial charge in [-0.2, -0.15) is 0 Å². The van der Waals surface area contributed by atoms with Gasteiger partial charge in [0.2, 0.25) is 5.91 Å². The van der Waals surface area contributed by atoms with Crippen LogP contribution in [0.1, 0.15) is 0 Å². The van der Waals surface area contributed by atoms with E-state index in [0.29, 0.717) is 0 Å². The van der Waals surface area contributed by atoms with Gasteiger partial charge in [-0.05, 0) is 0 Å². The number of rotatable bonds is 2. The van der Waals surface area contributed by atoms with Crippen LogP contribution in [0.15, 0.2) is 0 Å². The van der Waals surface area contributed by atoms with Crippen LogP contribution in [-0.2, 0) is 4.79 Å². The van der Waals surface area contributed by atoms with E-state index in [9.17, 15) is 22.5 Å². The summed E-state index contributed by atoms with van der Waals surface area (Å²) in [5.41, 5.74) is 0. The van der Waals surface area contributed by atoms with Crippen LogP contribution in [0.25, 0.3) is 0 Å². The van der Waals surface area contributed by atoms with Crippen LogP contribution in [-0.4, -0.2) is 48.8 Å². The minimum atomic E-state index is -5.14. The third-order valence-electron chi connectivity index (χ3n) is 1.62. The molecule has 0 unspecified atom stereocenters. The van der Waals surface area contributed by atoms with E-state index in [2.05, 4.69) is 0 Å². The van der Waals surface area contributed by atoms with Crippen LogP contribution in [0.2, 0.25) is 0 Å². The van der Waals surface area contributed by atoms with Gasteiger partial charge >= 0.3 is 13.0 Å². The summed E-state index contributed by atoms with van der Waals surface area (Å²) in [6.45, 7) is -5.41. The maximum absolute atomic E-state index is 11.9. The number of carbonyl (C=O) groups excluding carboxylic acids is 2. The second kappa shape index (κ2) is 2.93. The highest BCUT2D eigenvalue weighted by Gasteiger charge is 2.38. The summed E-state index contributed by atoms with van der Waals surface area (Å²) >= 11 is 0. The number of urea groups is 1. The van der Waals surface area contributed by atoms with Gasteiger partial charge in [0.1, 0.15) is 6.54 Å². The maximum Gasteiger partial charge on any atom is 0.497 e. The Morgan fingerprint density at radius 2 is 1.92 bits per heavy atom. The van der Waals surface area contributed by atoms with Gasteiger partial charge in [-0.15, -0.1) is 0 Å². The molecule has 0 aromatic carbocycles. The molecule has 0 saturated carbocycles. The van der Waals surface area contributed by atoms with E-state index in [1.54, 1.807) is 0 Å². The van der Waals surface area contributed by atoms with Crippen LogP contribution in [0, 0.1) is 0 Å². The van der Waals surface area contributed by atoms with Crippen molar-refractivity contribution in [1.29, 1.82) is 0 Å². The van der Waals surface area contributed by atoms with Crippen molar-refractivity contribution >= 4 is 18.9 Å². The Labute approximate surface area is 72.3 Å². The minimum absolute atomic E-state index is 0.222. The molecule has 0 atom stereocenters. The van der Waals surface area contributed by atoms with Gasteiger partial charge in [0.25, 0.3) is 0 Å². The normalized spacial score (nSPS) is 18.8. The summed E-state index contributed by atoms with van der Waals surface area (Å²) in [5.74, 6) is -0.799. The van der Waals surface area contributed by atoms with E-state index < -0.39 is 25.4 Å². The molecule has 1 rings (SSSR count). The van der Waals surface area contributed by atoms with Crippen molar-refractivity contribution in [2.45, 2.75) is 0 Å². The molecular formula is C5H7BF3N2O2-. The zero-order valence-electron chi connectivity index (χ0n) is 6.84. The largest absolute Gasteiger partial charge is 0.497 e. The monoisotopic (exact) mass is 195 g/mol. The predicted molar refractivity (Wildman–Crippen MR) is 38.8 cm³/mol. The van der Waals surface area contributed by atoms with Gasteiger partial charge in [-0.1, -0.05) is 0 Å². The number of halogens is 3. The SMILES string of the molecule is CN1CC(=O)N(C[B-](F)(F)F)C1=O. The smallest absolute Gasteiger partial charge is 0.448 e. The Balaban J connectivity index is 2.70. The molecule has 0 radical (unpaired) electrons. The molecule has 74 valence electrons. The summed E-state index contributed by atoms with van der Waals surface area (Å²) in [5, 5.41) is 0. The molecule has 3 amide bonds. The van der Waals surface area contributed by atoms with Crippen LogP contribution in [0.5, 0.6) is 0 Å². The Hall–Kier alpha value is -1.21. The lowest BCUT2D eigenvalue weighted by molar-refractivity contribution is -0.125. The number of hydrogen-bond acceptors (Lipinski definition) is 2. The number of amides is 3. The van der Waals surface area contributed by atoms with Crippen molar-refractivity contribution in [2.75, 3.05) is 20.0 Å². The lowest BCUT2D eigenvalue weighted by Crippen LogP contribution is -2.42. The molecule has 1 fully saturated rings. The first-order valence-corrected chi connectivity index (χ1v) is 3.58. The van der Waals surface area contributed by atoms with Gasteiger partial charge < -0.3 is 17.8 Å². The summed E-state index contributed by atoms with van der Waals surface area (Å²) in [6.07, 6.45) is -1.44. The van der Waals surface area contributed by atoms with Gasteiger partial charge in [0.05, 0.1) is 0 Å². The number of carbonyl (C=O) groups is 2. The number of hydrogen-bond donors (Lipinski definition) is 0. The number of nitrogens with zero attached hydrogens (tertiary/aromatic N) is 2. The van der Waals surface area contributed by atoms with Gasteiger partial charge in [0, 0.05) is 13.5 Å². The molecule has 0 aromatic heterocycles. The first kappa shape index (κ1) is 9.88. The fraction of sp³-hybridized carbons (Fsp3) is 0.600. The molecule has 0 bridgehead atoms. The molecular weight excluding hydrogens is 188 g/mol. The van der Waals surface area contributed by atoms with Crippen LogP contribution in [0.4, 0.5) is 17.7 Å².